The van der Waals surface area contributed by atoms with E-state index in [1.54, 1.807) is 0 Å². The fourth-order valence-corrected chi connectivity index (χ4v) is 2.44. The van der Waals surface area contributed by atoms with E-state index < -0.39 is 0 Å². The SMILES string of the molecule is CCCCCCCCCC(=O)CCc1cccc(N)c1. The van der Waals surface area contributed by atoms with E-state index in [-0.39, 0.29) is 0 Å². The van der Waals surface area contributed by atoms with Crippen molar-refractivity contribution < 1.29 is 4.79 Å². The van der Waals surface area contributed by atoms with E-state index in [0.717, 1.165) is 30.5 Å². The number of hydrogen-bond acceptors (Lipinski definition) is 2. The lowest BCUT2D eigenvalue weighted by atomic mass is 10.0. The summed E-state index contributed by atoms with van der Waals surface area (Å²) in [6.07, 6.45) is 11.1. The minimum absolute atomic E-state index is 0.390. The first kappa shape index (κ1) is 16.7. The lowest BCUT2D eigenvalue weighted by Crippen LogP contribution is -2.00. The maximum Gasteiger partial charge on any atom is 0.133 e. The monoisotopic (exact) mass is 275 g/mol. The van der Waals surface area contributed by atoms with E-state index in [1.165, 1.54) is 38.5 Å². The van der Waals surface area contributed by atoms with Gasteiger partial charge in [-0.2, -0.15) is 0 Å². The van der Waals surface area contributed by atoms with Gasteiger partial charge in [-0.1, -0.05) is 57.6 Å². The number of nitrogens with two attached hydrogens (primary N) is 1. The first-order valence-corrected chi connectivity index (χ1v) is 8.08. The summed E-state index contributed by atoms with van der Waals surface area (Å²) in [6, 6.07) is 7.83. The molecule has 0 atom stereocenters. The van der Waals surface area contributed by atoms with Crippen molar-refractivity contribution in [2.24, 2.45) is 0 Å². The molecule has 0 spiro atoms. The number of rotatable bonds is 11. The molecule has 0 fully saturated rings. The quantitative estimate of drug-likeness (QED) is 0.460. The Labute approximate surface area is 123 Å². The molecule has 0 aliphatic rings. The van der Waals surface area contributed by atoms with E-state index in [1.807, 2.05) is 24.3 Å². The van der Waals surface area contributed by atoms with Crippen LogP contribution in [0.4, 0.5) is 5.69 Å². The number of hydrogen-bond donors (Lipinski definition) is 1. The third-order valence-electron chi connectivity index (χ3n) is 3.70. The summed E-state index contributed by atoms with van der Waals surface area (Å²) in [5, 5.41) is 0. The highest BCUT2D eigenvalue weighted by Crippen LogP contribution is 2.12. The van der Waals surface area contributed by atoms with Crippen molar-refractivity contribution in [1.82, 2.24) is 0 Å². The molecule has 0 bridgehead atoms. The topological polar surface area (TPSA) is 43.1 Å². The molecule has 0 aromatic heterocycles. The summed E-state index contributed by atoms with van der Waals surface area (Å²) in [5.41, 5.74) is 7.67. The summed E-state index contributed by atoms with van der Waals surface area (Å²) in [5.74, 6) is 0.390. The van der Waals surface area contributed by atoms with Crippen LogP contribution in [0.15, 0.2) is 24.3 Å². The van der Waals surface area contributed by atoms with Gasteiger partial charge < -0.3 is 5.73 Å². The van der Waals surface area contributed by atoms with Crippen LogP contribution in [0, 0.1) is 0 Å². The minimum Gasteiger partial charge on any atom is -0.399 e. The van der Waals surface area contributed by atoms with Crippen LogP contribution in [0.3, 0.4) is 0 Å². The van der Waals surface area contributed by atoms with Crippen molar-refractivity contribution in [2.75, 3.05) is 5.73 Å². The second-order valence-electron chi connectivity index (χ2n) is 5.66. The van der Waals surface area contributed by atoms with Gasteiger partial charge >= 0.3 is 0 Å². The zero-order valence-electron chi connectivity index (χ0n) is 12.9. The largest absolute Gasteiger partial charge is 0.399 e. The highest BCUT2D eigenvalue weighted by molar-refractivity contribution is 5.78. The number of carbonyl (C=O) groups is 1. The molecular formula is C18H29NO. The van der Waals surface area contributed by atoms with Gasteiger partial charge in [0.2, 0.25) is 0 Å². The van der Waals surface area contributed by atoms with Crippen molar-refractivity contribution >= 4 is 11.5 Å². The molecule has 2 heteroatoms. The van der Waals surface area contributed by atoms with Crippen molar-refractivity contribution in [1.29, 1.82) is 0 Å². The van der Waals surface area contributed by atoms with E-state index in [4.69, 9.17) is 5.73 Å². The molecule has 0 aliphatic heterocycles. The summed E-state index contributed by atoms with van der Waals surface area (Å²) in [6.45, 7) is 2.24. The van der Waals surface area contributed by atoms with E-state index in [0.29, 0.717) is 12.2 Å². The summed E-state index contributed by atoms with van der Waals surface area (Å²) in [7, 11) is 0. The molecule has 2 N–H and O–H groups in total. The Balaban J connectivity index is 2.03. The molecule has 0 heterocycles. The first-order valence-electron chi connectivity index (χ1n) is 8.08. The average molecular weight is 275 g/mol. The maximum absolute atomic E-state index is 11.8. The van der Waals surface area contributed by atoms with Gasteiger partial charge in [0.05, 0.1) is 0 Å². The number of carbonyl (C=O) groups excluding carboxylic acids is 1. The Bertz CT molecular complexity index is 387. The molecule has 112 valence electrons. The zero-order chi connectivity index (χ0) is 14.6. The van der Waals surface area contributed by atoms with Gasteiger partial charge in [-0.3, -0.25) is 4.79 Å². The normalized spacial score (nSPS) is 10.7. The van der Waals surface area contributed by atoms with Gasteiger partial charge in [0.15, 0.2) is 0 Å². The Morgan fingerprint density at radius 3 is 2.40 bits per heavy atom. The van der Waals surface area contributed by atoms with E-state index in [2.05, 4.69) is 6.92 Å². The van der Waals surface area contributed by atoms with Crippen LogP contribution in [-0.2, 0) is 11.2 Å². The molecule has 0 radical (unpaired) electrons. The number of benzene rings is 1. The van der Waals surface area contributed by atoms with Crippen LogP contribution in [-0.4, -0.2) is 5.78 Å². The van der Waals surface area contributed by atoms with Gasteiger partial charge in [-0.15, -0.1) is 0 Å². The highest BCUT2D eigenvalue weighted by Gasteiger charge is 2.03. The molecule has 1 aromatic rings. The lowest BCUT2D eigenvalue weighted by Gasteiger charge is -2.03. The minimum atomic E-state index is 0.390. The molecule has 0 amide bonds. The summed E-state index contributed by atoms with van der Waals surface area (Å²) < 4.78 is 0. The second kappa shape index (κ2) is 10.5. The molecule has 2 nitrogen and oxygen atoms in total. The van der Waals surface area contributed by atoms with Crippen LogP contribution < -0.4 is 5.73 Å². The number of nitrogen functional groups attached to an aromatic ring is 1. The molecule has 0 saturated carbocycles. The fourth-order valence-electron chi connectivity index (χ4n) is 2.44. The number of aryl methyl sites for hydroxylation is 1. The molecule has 0 saturated heterocycles. The number of anilines is 1. The van der Waals surface area contributed by atoms with Gasteiger partial charge in [-0.05, 0) is 30.5 Å². The predicted octanol–water partition coefficient (Wildman–Crippen LogP) is 4.91. The Kier molecular flexibility index (Phi) is 8.77. The zero-order valence-corrected chi connectivity index (χ0v) is 12.9. The van der Waals surface area contributed by atoms with Crippen LogP contribution in [0.25, 0.3) is 0 Å². The highest BCUT2D eigenvalue weighted by atomic mass is 16.1. The average Bonchev–Trinajstić information content (AvgIpc) is 2.44. The lowest BCUT2D eigenvalue weighted by molar-refractivity contribution is -0.119. The Hall–Kier alpha value is -1.31. The molecule has 0 unspecified atom stereocenters. The van der Waals surface area contributed by atoms with E-state index >= 15 is 0 Å². The van der Waals surface area contributed by atoms with Gasteiger partial charge in [-0.25, -0.2) is 0 Å². The Morgan fingerprint density at radius 2 is 1.70 bits per heavy atom. The molecule has 1 rings (SSSR count). The molecular weight excluding hydrogens is 246 g/mol. The van der Waals surface area contributed by atoms with Crippen molar-refractivity contribution in [2.45, 2.75) is 71.1 Å². The molecule has 1 aromatic carbocycles. The van der Waals surface area contributed by atoms with Crippen molar-refractivity contribution in [3.63, 3.8) is 0 Å². The Morgan fingerprint density at radius 1 is 1.00 bits per heavy atom. The van der Waals surface area contributed by atoms with Gasteiger partial charge in [0, 0.05) is 18.5 Å². The number of ketones is 1. The summed E-state index contributed by atoms with van der Waals surface area (Å²) >= 11 is 0. The molecule has 0 aliphatic carbocycles. The third kappa shape index (κ3) is 7.98. The molecule has 20 heavy (non-hydrogen) atoms. The standard InChI is InChI=1S/C18H29NO/c1-2-3-4-5-6-7-8-12-18(20)14-13-16-10-9-11-17(19)15-16/h9-11,15H,2-8,12-14,19H2,1H3. The number of unbranched alkanes of at least 4 members (excludes halogenated alkanes) is 6. The number of Topliss-reactive ketones (excluding diaryl/α,β-unsaturated/α-hetero) is 1. The third-order valence-corrected chi connectivity index (χ3v) is 3.70. The second-order valence-corrected chi connectivity index (χ2v) is 5.66. The predicted molar refractivity (Wildman–Crippen MR) is 86.8 cm³/mol. The van der Waals surface area contributed by atoms with Crippen molar-refractivity contribution in [3.05, 3.63) is 29.8 Å². The van der Waals surface area contributed by atoms with Crippen LogP contribution >= 0.6 is 0 Å². The van der Waals surface area contributed by atoms with E-state index in [9.17, 15) is 4.79 Å². The summed E-state index contributed by atoms with van der Waals surface area (Å²) in [4.78, 5) is 11.8. The first-order chi connectivity index (χ1) is 9.72. The van der Waals surface area contributed by atoms with Crippen LogP contribution in [0.2, 0.25) is 0 Å². The van der Waals surface area contributed by atoms with Crippen LogP contribution in [0.5, 0.6) is 0 Å². The van der Waals surface area contributed by atoms with Gasteiger partial charge in [0.25, 0.3) is 0 Å². The van der Waals surface area contributed by atoms with Crippen LogP contribution in [0.1, 0.15) is 70.3 Å². The van der Waals surface area contributed by atoms with Gasteiger partial charge in [0.1, 0.15) is 5.78 Å². The fraction of sp³-hybridized carbons (Fsp3) is 0.611. The van der Waals surface area contributed by atoms with Crippen molar-refractivity contribution in [3.8, 4) is 0 Å². The smallest absolute Gasteiger partial charge is 0.133 e. The maximum atomic E-state index is 11.8.